The number of amides is 1. The van der Waals surface area contributed by atoms with Crippen LogP contribution < -0.4 is 10.6 Å². The van der Waals surface area contributed by atoms with Crippen LogP contribution in [0.4, 0.5) is 0 Å². The van der Waals surface area contributed by atoms with E-state index in [9.17, 15) is 9.59 Å². The first-order valence-electron chi connectivity index (χ1n) is 6.62. The van der Waals surface area contributed by atoms with Crippen molar-refractivity contribution < 1.29 is 14.3 Å². The van der Waals surface area contributed by atoms with Gasteiger partial charge >= 0.3 is 5.97 Å². The van der Waals surface area contributed by atoms with Gasteiger partial charge in [0.05, 0.1) is 12.6 Å². The van der Waals surface area contributed by atoms with Gasteiger partial charge in [0.15, 0.2) is 0 Å². The third-order valence-electron chi connectivity index (χ3n) is 2.51. The quantitative estimate of drug-likeness (QED) is 0.639. The van der Waals surface area contributed by atoms with Crippen LogP contribution in [0.2, 0.25) is 0 Å². The third-order valence-corrected chi connectivity index (χ3v) is 2.51. The molecule has 0 aliphatic rings. The monoisotopic (exact) mass is 258 g/mol. The average molecular weight is 258 g/mol. The number of carbonyl (C=O) groups is 2. The normalized spacial score (nSPS) is 14.1. The summed E-state index contributed by atoms with van der Waals surface area (Å²) in [6.45, 7) is 10.5. The Balaban J connectivity index is 4.21. The summed E-state index contributed by atoms with van der Waals surface area (Å²) in [5.74, 6) is 0.0168. The SMILES string of the molecule is CCOC(=O)C(CC)NC(C)C(=O)NCC(C)C. The summed E-state index contributed by atoms with van der Waals surface area (Å²) in [4.78, 5) is 23.3. The van der Waals surface area contributed by atoms with Crippen LogP contribution in [-0.4, -0.2) is 37.1 Å². The fourth-order valence-electron chi connectivity index (χ4n) is 1.43. The van der Waals surface area contributed by atoms with Crippen molar-refractivity contribution in [3.63, 3.8) is 0 Å². The van der Waals surface area contributed by atoms with E-state index in [-0.39, 0.29) is 11.9 Å². The zero-order valence-corrected chi connectivity index (χ0v) is 12.1. The maximum atomic E-state index is 11.8. The van der Waals surface area contributed by atoms with Crippen molar-refractivity contribution in [3.8, 4) is 0 Å². The Labute approximate surface area is 110 Å². The molecule has 0 aromatic heterocycles. The molecule has 0 aliphatic carbocycles. The van der Waals surface area contributed by atoms with Gasteiger partial charge in [-0.25, -0.2) is 0 Å². The van der Waals surface area contributed by atoms with Crippen molar-refractivity contribution >= 4 is 11.9 Å². The van der Waals surface area contributed by atoms with Crippen molar-refractivity contribution in [2.75, 3.05) is 13.2 Å². The number of ether oxygens (including phenoxy) is 1. The summed E-state index contributed by atoms with van der Waals surface area (Å²) in [7, 11) is 0. The molecule has 1 amide bonds. The van der Waals surface area contributed by atoms with Gasteiger partial charge in [0.1, 0.15) is 6.04 Å². The first kappa shape index (κ1) is 16.9. The Morgan fingerprint density at radius 2 is 1.78 bits per heavy atom. The first-order chi connectivity index (χ1) is 8.42. The van der Waals surface area contributed by atoms with Crippen molar-refractivity contribution in [2.24, 2.45) is 5.92 Å². The molecule has 0 radical (unpaired) electrons. The molecule has 0 aromatic rings. The maximum Gasteiger partial charge on any atom is 0.323 e. The van der Waals surface area contributed by atoms with Crippen molar-refractivity contribution in [2.45, 2.75) is 53.1 Å². The topological polar surface area (TPSA) is 67.4 Å². The minimum atomic E-state index is -0.426. The number of hydrogen-bond acceptors (Lipinski definition) is 4. The highest BCUT2D eigenvalue weighted by atomic mass is 16.5. The molecular formula is C13H26N2O3. The minimum Gasteiger partial charge on any atom is -0.465 e. The van der Waals surface area contributed by atoms with Crippen LogP contribution >= 0.6 is 0 Å². The van der Waals surface area contributed by atoms with Crippen LogP contribution in [0, 0.1) is 5.92 Å². The van der Waals surface area contributed by atoms with Crippen molar-refractivity contribution in [1.29, 1.82) is 0 Å². The Hall–Kier alpha value is -1.10. The van der Waals surface area contributed by atoms with Gasteiger partial charge in [-0.3, -0.25) is 14.9 Å². The highest BCUT2D eigenvalue weighted by molar-refractivity contribution is 5.83. The number of rotatable bonds is 8. The van der Waals surface area contributed by atoms with Crippen LogP contribution in [0.1, 0.15) is 41.0 Å². The zero-order chi connectivity index (χ0) is 14.1. The van der Waals surface area contributed by atoms with Gasteiger partial charge in [-0.15, -0.1) is 0 Å². The van der Waals surface area contributed by atoms with E-state index in [2.05, 4.69) is 10.6 Å². The summed E-state index contributed by atoms with van der Waals surface area (Å²) in [6.07, 6.45) is 0.598. The number of hydrogen-bond donors (Lipinski definition) is 2. The third kappa shape index (κ3) is 6.59. The predicted octanol–water partition coefficient (Wildman–Crippen LogP) is 1.08. The number of carbonyl (C=O) groups excluding carboxylic acids is 2. The lowest BCUT2D eigenvalue weighted by Gasteiger charge is -2.20. The van der Waals surface area contributed by atoms with E-state index in [1.807, 2.05) is 20.8 Å². The number of nitrogens with one attached hydrogen (secondary N) is 2. The van der Waals surface area contributed by atoms with Gasteiger partial charge in [0, 0.05) is 6.54 Å². The molecule has 106 valence electrons. The fraction of sp³-hybridized carbons (Fsp3) is 0.846. The summed E-state index contributed by atoms with van der Waals surface area (Å²) in [5, 5.41) is 5.82. The molecule has 2 unspecified atom stereocenters. The Kier molecular flexibility index (Phi) is 8.37. The average Bonchev–Trinajstić information content (AvgIpc) is 2.32. The Morgan fingerprint density at radius 1 is 1.17 bits per heavy atom. The van der Waals surface area contributed by atoms with Crippen LogP contribution in [0.15, 0.2) is 0 Å². The second-order valence-electron chi connectivity index (χ2n) is 4.74. The van der Waals surface area contributed by atoms with E-state index in [1.54, 1.807) is 13.8 Å². The fourth-order valence-corrected chi connectivity index (χ4v) is 1.43. The molecular weight excluding hydrogens is 232 g/mol. The molecule has 0 rings (SSSR count). The van der Waals surface area contributed by atoms with E-state index in [4.69, 9.17) is 4.74 Å². The molecule has 5 heteroatoms. The van der Waals surface area contributed by atoms with Gasteiger partial charge in [-0.1, -0.05) is 20.8 Å². The molecule has 0 fully saturated rings. The van der Waals surface area contributed by atoms with E-state index >= 15 is 0 Å². The second kappa shape index (κ2) is 8.91. The van der Waals surface area contributed by atoms with Crippen LogP contribution in [0.5, 0.6) is 0 Å². The molecule has 0 saturated carbocycles. The Bertz CT molecular complexity index is 267. The first-order valence-corrected chi connectivity index (χ1v) is 6.62. The smallest absolute Gasteiger partial charge is 0.323 e. The Morgan fingerprint density at radius 3 is 2.22 bits per heavy atom. The largest absolute Gasteiger partial charge is 0.465 e. The van der Waals surface area contributed by atoms with Crippen molar-refractivity contribution in [3.05, 3.63) is 0 Å². The summed E-state index contributed by atoms with van der Waals surface area (Å²) < 4.78 is 4.94. The lowest BCUT2D eigenvalue weighted by Crippen LogP contribution is -2.50. The van der Waals surface area contributed by atoms with E-state index < -0.39 is 12.1 Å². The summed E-state index contributed by atoms with van der Waals surface area (Å²) in [5.41, 5.74) is 0. The van der Waals surface area contributed by atoms with Crippen molar-refractivity contribution in [1.82, 2.24) is 10.6 Å². The van der Waals surface area contributed by atoms with E-state index in [0.717, 1.165) is 0 Å². The van der Waals surface area contributed by atoms with Crippen LogP contribution in [0.3, 0.4) is 0 Å². The molecule has 2 atom stereocenters. The zero-order valence-electron chi connectivity index (χ0n) is 12.1. The summed E-state index contributed by atoms with van der Waals surface area (Å²) >= 11 is 0. The van der Waals surface area contributed by atoms with Gasteiger partial charge in [-0.2, -0.15) is 0 Å². The van der Waals surface area contributed by atoms with E-state index in [1.165, 1.54) is 0 Å². The molecule has 0 spiro atoms. The molecule has 0 aliphatic heterocycles. The summed E-state index contributed by atoms with van der Waals surface area (Å²) in [6, 6.07) is -0.831. The maximum absolute atomic E-state index is 11.8. The molecule has 0 saturated heterocycles. The molecule has 0 aromatic carbocycles. The second-order valence-corrected chi connectivity index (χ2v) is 4.74. The lowest BCUT2D eigenvalue weighted by molar-refractivity contribution is -0.146. The molecule has 2 N–H and O–H groups in total. The van der Waals surface area contributed by atoms with Gasteiger partial charge in [0.2, 0.25) is 5.91 Å². The molecule has 0 heterocycles. The van der Waals surface area contributed by atoms with Crippen LogP contribution in [0.25, 0.3) is 0 Å². The minimum absolute atomic E-state index is 0.0913. The highest BCUT2D eigenvalue weighted by Gasteiger charge is 2.22. The molecule has 0 bridgehead atoms. The van der Waals surface area contributed by atoms with E-state index in [0.29, 0.717) is 25.5 Å². The highest BCUT2D eigenvalue weighted by Crippen LogP contribution is 1.98. The van der Waals surface area contributed by atoms with Gasteiger partial charge in [-0.05, 0) is 26.2 Å². The number of esters is 1. The van der Waals surface area contributed by atoms with Gasteiger partial charge < -0.3 is 10.1 Å². The predicted molar refractivity (Wildman–Crippen MR) is 71.2 cm³/mol. The van der Waals surface area contributed by atoms with Crippen LogP contribution in [-0.2, 0) is 14.3 Å². The molecule has 18 heavy (non-hydrogen) atoms. The lowest BCUT2D eigenvalue weighted by atomic mass is 10.1. The van der Waals surface area contributed by atoms with Gasteiger partial charge in [0.25, 0.3) is 0 Å². The standard InChI is InChI=1S/C13H26N2O3/c1-6-11(13(17)18-7-2)15-10(5)12(16)14-8-9(3)4/h9-11,15H,6-8H2,1-5H3,(H,14,16). The molecule has 5 nitrogen and oxygen atoms in total.